The van der Waals surface area contributed by atoms with Crippen LogP contribution in [-0.4, -0.2) is 59.5 Å². The molecule has 1 aliphatic carbocycles. The van der Waals surface area contributed by atoms with Gasteiger partial charge >= 0.3 is 0 Å². The van der Waals surface area contributed by atoms with Crippen molar-refractivity contribution >= 4 is 22.6 Å². The molecule has 0 atom stereocenters. The van der Waals surface area contributed by atoms with Gasteiger partial charge in [-0.15, -0.1) is 5.10 Å². The van der Waals surface area contributed by atoms with E-state index in [9.17, 15) is 5.11 Å². The number of hydrogen-bond donors (Lipinski definition) is 2. The summed E-state index contributed by atoms with van der Waals surface area (Å²) in [5.74, 6) is 1.06. The highest BCUT2D eigenvalue weighted by Gasteiger charge is 2.22. The van der Waals surface area contributed by atoms with Gasteiger partial charge in [0, 0.05) is 24.9 Å². The summed E-state index contributed by atoms with van der Waals surface area (Å²) in [5.41, 5.74) is 2.37. The first-order valence-corrected chi connectivity index (χ1v) is 8.40. The topological polar surface area (TPSA) is 92.7 Å². The van der Waals surface area contributed by atoms with Crippen molar-refractivity contribution < 1.29 is 14.6 Å². The van der Waals surface area contributed by atoms with Gasteiger partial charge in [0.1, 0.15) is 36.2 Å². The maximum atomic E-state index is 10.4. The van der Waals surface area contributed by atoms with Gasteiger partial charge in [0.2, 0.25) is 0 Å². The highest BCUT2D eigenvalue weighted by molar-refractivity contribution is 6.22. The van der Waals surface area contributed by atoms with Gasteiger partial charge in [0.05, 0.1) is 12.1 Å². The van der Waals surface area contributed by atoms with Crippen molar-refractivity contribution in [3.63, 3.8) is 0 Å². The van der Waals surface area contributed by atoms with Gasteiger partial charge in [0.25, 0.3) is 5.88 Å². The van der Waals surface area contributed by atoms with Crippen LogP contribution in [0.5, 0.6) is 5.88 Å². The number of nitrogens with zero attached hydrogens (tertiary/aromatic N) is 4. The number of likely N-dealkylation sites (N-methyl/N-ethyl adjacent to an activating group) is 1. The molecule has 0 unspecified atom stereocenters. The van der Waals surface area contributed by atoms with Crippen LogP contribution in [0.25, 0.3) is 5.52 Å². The first kappa shape index (κ1) is 16.3. The Morgan fingerprint density at radius 2 is 2.31 bits per heavy atom. The zero-order valence-electron chi connectivity index (χ0n) is 14.3. The predicted molar refractivity (Wildman–Crippen MR) is 98.8 cm³/mol. The van der Waals surface area contributed by atoms with Crippen molar-refractivity contribution in [2.45, 2.75) is 0 Å². The molecule has 2 N–H and O–H groups in total. The Bertz CT molecular complexity index is 955. The van der Waals surface area contributed by atoms with Crippen LogP contribution in [0.2, 0.25) is 0 Å². The second-order valence-electron chi connectivity index (χ2n) is 5.79. The van der Waals surface area contributed by atoms with Crippen LogP contribution < -0.4 is 10.1 Å². The summed E-state index contributed by atoms with van der Waals surface area (Å²) < 4.78 is 13.1. The molecule has 3 heterocycles. The molecule has 0 saturated carbocycles. The van der Waals surface area contributed by atoms with E-state index in [-0.39, 0.29) is 5.76 Å². The molecule has 0 saturated heterocycles. The van der Waals surface area contributed by atoms with Crippen LogP contribution in [0.4, 0.5) is 5.69 Å². The minimum atomic E-state index is 0.0365. The molecule has 0 aromatic carbocycles. The van der Waals surface area contributed by atoms with E-state index >= 15 is 0 Å². The van der Waals surface area contributed by atoms with Crippen molar-refractivity contribution in [1.29, 1.82) is 0 Å². The second-order valence-corrected chi connectivity index (χ2v) is 5.79. The Labute approximate surface area is 150 Å². The summed E-state index contributed by atoms with van der Waals surface area (Å²) >= 11 is 0. The summed E-state index contributed by atoms with van der Waals surface area (Å²) in [7, 11) is 1.86. The van der Waals surface area contributed by atoms with Gasteiger partial charge in [-0.25, -0.2) is 9.51 Å². The molecule has 134 valence electrons. The molecule has 2 aliphatic rings. The minimum Gasteiger partial charge on any atom is -0.506 e. The highest BCUT2D eigenvalue weighted by Crippen LogP contribution is 2.33. The number of hydrogen-bond acceptors (Lipinski definition) is 7. The van der Waals surface area contributed by atoms with E-state index in [0.29, 0.717) is 55.1 Å². The zero-order valence-corrected chi connectivity index (χ0v) is 14.3. The lowest BCUT2D eigenvalue weighted by molar-refractivity contribution is 0.232. The Balaban J connectivity index is 1.77. The van der Waals surface area contributed by atoms with Crippen LogP contribution in [0.1, 0.15) is 0 Å². The van der Waals surface area contributed by atoms with Gasteiger partial charge in [-0.05, 0) is 19.2 Å². The summed E-state index contributed by atoms with van der Waals surface area (Å²) in [6, 6.07) is 5.69. The third-order valence-corrected chi connectivity index (χ3v) is 3.99. The minimum absolute atomic E-state index is 0.0365. The third kappa shape index (κ3) is 3.06. The van der Waals surface area contributed by atoms with E-state index in [1.54, 1.807) is 16.7 Å². The molecule has 8 heteroatoms. The fourth-order valence-corrected chi connectivity index (χ4v) is 2.73. The normalized spacial score (nSPS) is 18.0. The molecule has 0 fully saturated rings. The molecule has 0 bridgehead atoms. The zero-order chi connectivity index (χ0) is 17.9. The summed E-state index contributed by atoms with van der Waals surface area (Å²) in [6.07, 6.45) is 5.09. The van der Waals surface area contributed by atoms with Crippen LogP contribution >= 0.6 is 0 Å². The van der Waals surface area contributed by atoms with Crippen molar-refractivity contribution in [1.82, 2.24) is 14.9 Å². The molecule has 2 aromatic rings. The third-order valence-electron chi connectivity index (χ3n) is 3.99. The number of aliphatic hydroxyl groups excluding tert-OH is 1. The van der Waals surface area contributed by atoms with E-state index in [1.165, 1.54) is 0 Å². The summed E-state index contributed by atoms with van der Waals surface area (Å²) in [6.45, 7) is 2.25. The molecule has 1 aliphatic heterocycles. The molecule has 0 spiro atoms. The average Bonchev–Trinajstić information content (AvgIpc) is 3.00. The quantitative estimate of drug-likeness (QED) is 0.632. The van der Waals surface area contributed by atoms with Crippen molar-refractivity contribution in [2.24, 2.45) is 9.98 Å². The smallest absolute Gasteiger partial charge is 0.260 e. The molecule has 2 aromatic heterocycles. The average molecular weight is 353 g/mol. The van der Waals surface area contributed by atoms with E-state index in [2.05, 4.69) is 20.4 Å². The highest BCUT2D eigenvalue weighted by atomic mass is 16.5. The maximum Gasteiger partial charge on any atom is 0.260 e. The lowest BCUT2D eigenvalue weighted by Gasteiger charge is -2.19. The fraction of sp³-hybridized carbons (Fsp3) is 0.278. The summed E-state index contributed by atoms with van der Waals surface area (Å²) in [5, 5.41) is 17.8. The number of aliphatic imine (C=N–C) groups is 2. The van der Waals surface area contributed by atoms with Gasteiger partial charge in [-0.1, -0.05) is 6.07 Å². The lowest BCUT2D eigenvalue weighted by atomic mass is 10.1. The molecule has 8 nitrogen and oxygen atoms in total. The van der Waals surface area contributed by atoms with Crippen LogP contribution in [0.3, 0.4) is 0 Å². The molecule has 0 radical (unpaired) electrons. The van der Waals surface area contributed by atoms with E-state index < -0.39 is 0 Å². The van der Waals surface area contributed by atoms with Gasteiger partial charge < -0.3 is 19.9 Å². The van der Waals surface area contributed by atoms with Crippen molar-refractivity contribution in [3.05, 3.63) is 48.1 Å². The number of ether oxygens (including phenoxy) is 2. The van der Waals surface area contributed by atoms with Gasteiger partial charge in [-0.2, -0.15) is 0 Å². The van der Waals surface area contributed by atoms with E-state index in [0.717, 1.165) is 5.52 Å². The fourth-order valence-electron chi connectivity index (χ4n) is 2.73. The SMILES string of the molecule is CNCCOc1nn2ccccc2c1/N=C1\C=C2OCCN=C2C=C1O. The number of aromatic nitrogens is 2. The Kier molecular flexibility index (Phi) is 4.40. The molecule has 0 amide bonds. The number of aliphatic hydroxyl groups is 1. The predicted octanol–water partition coefficient (Wildman–Crippen LogP) is 1.82. The largest absolute Gasteiger partial charge is 0.506 e. The van der Waals surface area contributed by atoms with Crippen LogP contribution in [0, 0.1) is 0 Å². The monoisotopic (exact) mass is 353 g/mol. The molecular weight excluding hydrogens is 334 g/mol. The number of pyridine rings is 1. The maximum absolute atomic E-state index is 10.4. The number of nitrogens with one attached hydrogen (secondary N) is 1. The number of rotatable bonds is 5. The molecule has 26 heavy (non-hydrogen) atoms. The first-order valence-electron chi connectivity index (χ1n) is 8.40. The van der Waals surface area contributed by atoms with Crippen molar-refractivity contribution in [2.75, 3.05) is 33.4 Å². The standard InChI is InChI=1S/C18H19N5O3/c1-19-5-8-26-18-17(14-4-2-3-7-23(14)22-18)21-12-11-16-13(10-15(12)24)20-6-9-25-16/h2-4,7,10-11,19,24H,5-6,8-9H2,1H3/b21-12+. The Morgan fingerprint density at radius 1 is 1.38 bits per heavy atom. The van der Waals surface area contributed by atoms with Gasteiger partial charge in [-0.3, -0.25) is 4.99 Å². The van der Waals surface area contributed by atoms with E-state index in [4.69, 9.17) is 9.47 Å². The molecular formula is C18H19N5O3. The Morgan fingerprint density at radius 3 is 3.19 bits per heavy atom. The number of allylic oxidation sites excluding steroid dienone is 2. The van der Waals surface area contributed by atoms with E-state index in [1.807, 2.05) is 31.4 Å². The van der Waals surface area contributed by atoms with Crippen molar-refractivity contribution in [3.8, 4) is 5.88 Å². The first-order chi connectivity index (χ1) is 12.8. The van der Waals surface area contributed by atoms with Gasteiger partial charge in [0.15, 0.2) is 5.69 Å². The van der Waals surface area contributed by atoms with Crippen LogP contribution in [0.15, 0.2) is 58.1 Å². The summed E-state index contributed by atoms with van der Waals surface area (Å²) in [4.78, 5) is 8.95. The number of fused-ring (bicyclic) bond motifs is 2. The second kappa shape index (κ2) is 7.01. The van der Waals surface area contributed by atoms with Crippen LogP contribution in [-0.2, 0) is 4.74 Å². The molecule has 4 rings (SSSR count). The Hall–Kier alpha value is -3.13. The lowest BCUT2D eigenvalue weighted by Crippen LogP contribution is -2.20.